The van der Waals surface area contributed by atoms with Gasteiger partial charge in [0.15, 0.2) is 5.65 Å². The summed E-state index contributed by atoms with van der Waals surface area (Å²) < 4.78 is 1.71. The fraction of sp³-hybridized carbons (Fsp3) is 0.333. The van der Waals surface area contributed by atoms with E-state index in [1.807, 2.05) is 13.8 Å². The maximum atomic E-state index is 11.7. The Kier molecular flexibility index (Phi) is 4.52. The minimum atomic E-state index is -0.288. The fourth-order valence-electron chi connectivity index (χ4n) is 1.54. The van der Waals surface area contributed by atoms with E-state index in [4.69, 9.17) is 11.5 Å². The van der Waals surface area contributed by atoms with Gasteiger partial charge in [0.05, 0.1) is 17.5 Å². The predicted molar refractivity (Wildman–Crippen MR) is 73.0 cm³/mol. The van der Waals surface area contributed by atoms with E-state index in [0.717, 1.165) is 0 Å². The molecule has 18 heavy (non-hydrogen) atoms. The normalized spacial score (nSPS) is 9.33. The van der Waals surface area contributed by atoms with Gasteiger partial charge in [0.2, 0.25) is 5.95 Å². The number of nitrogens with zero attached hydrogens (tertiary/aromatic N) is 2. The summed E-state index contributed by atoms with van der Waals surface area (Å²) in [6.07, 6.45) is 1.73. The van der Waals surface area contributed by atoms with Gasteiger partial charge in [0.25, 0.3) is 5.56 Å². The Hall–Kier alpha value is -2.26. The summed E-state index contributed by atoms with van der Waals surface area (Å²) in [6.45, 7) is 4.25. The van der Waals surface area contributed by atoms with Crippen LogP contribution >= 0.6 is 0 Å². The van der Waals surface area contributed by atoms with E-state index < -0.39 is 0 Å². The second-order valence-electron chi connectivity index (χ2n) is 3.31. The number of fused-ring (bicyclic) bond motifs is 1. The minimum absolute atomic E-state index is 0.0945. The molecule has 0 amide bonds. The Morgan fingerprint density at radius 2 is 2.17 bits per heavy atom. The molecule has 2 heterocycles. The van der Waals surface area contributed by atoms with Gasteiger partial charge >= 0.3 is 0 Å². The molecule has 0 unspecified atom stereocenters. The first-order valence-corrected chi connectivity index (χ1v) is 5.67. The van der Waals surface area contributed by atoms with E-state index >= 15 is 0 Å². The van der Waals surface area contributed by atoms with E-state index in [1.165, 1.54) is 0 Å². The van der Waals surface area contributed by atoms with Crippen molar-refractivity contribution in [2.45, 2.75) is 13.8 Å². The quantitative estimate of drug-likeness (QED) is 0.578. The van der Waals surface area contributed by atoms with Crippen LogP contribution in [0.4, 0.5) is 5.95 Å². The molecular weight excluding hydrogens is 230 g/mol. The highest BCUT2D eigenvalue weighted by Gasteiger charge is 2.10. The number of H-pyrrole nitrogens is 1. The van der Waals surface area contributed by atoms with Gasteiger partial charge in [-0.2, -0.15) is 4.98 Å². The fourth-order valence-corrected chi connectivity index (χ4v) is 1.54. The van der Waals surface area contributed by atoms with Crippen LogP contribution in [-0.2, 0) is 7.05 Å². The number of aromatic nitrogens is 3. The lowest BCUT2D eigenvalue weighted by molar-refractivity contribution is 0.943. The zero-order valence-electron chi connectivity index (χ0n) is 10.7. The zero-order chi connectivity index (χ0) is 13.7. The molecule has 5 N–H and O–H groups in total. The molecule has 6 heteroatoms. The summed E-state index contributed by atoms with van der Waals surface area (Å²) in [5, 5.41) is 0.442. The van der Waals surface area contributed by atoms with Gasteiger partial charge in [-0.3, -0.25) is 9.78 Å². The van der Waals surface area contributed by atoms with Crippen molar-refractivity contribution in [1.29, 1.82) is 0 Å². The molecule has 0 saturated carbocycles. The molecule has 2 aromatic heterocycles. The summed E-state index contributed by atoms with van der Waals surface area (Å²) in [5.41, 5.74) is 11.6. The van der Waals surface area contributed by atoms with Crippen LogP contribution in [0.25, 0.3) is 11.0 Å². The zero-order valence-corrected chi connectivity index (χ0v) is 10.7. The number of hydrogen-bond donors (Lipinski definition) is 3. The Balaban J connectivity index is 0.000000771. The summed E-state index contributed by atoms with van der Waals surface area (Å²) in [6, 6.07) is 0. The van der Waals surface area contributed by atoms with E-state index in [-0.39, 0.29) is 18.1 Å². The molecule has 0 atom stereocenters. The number of rotatable bonds is 0. The van der Waals surface area contributed by atoms with Crippen LogP contribution in [0.1, 0.15) is 19.4 Å². The number of nitrogen functional groups attached to an aromatic ring is 1. The molecule has 0 spiro atoms. The molecule has 96 valence electrons. The van der Waals surface area contributed by atoms with Crippen molar-refractivity contribution in [3.63, 3.8) is 0 Å². The third kappa shape index (κ3) is 2.52. The van der Waals surface area contributed by atoms with Gasteiger partial charge in [-0.25, -0.2) is 0 Å². The molecule has 0 radical (unpaired) electrons. The van der Waals surface area contributed by atoms with Gasteiger partial charge in [0.1, 0.15) is 0 Å². The molecule has 6 nitrogen and oxygen atoms in total. The van der Waals surface area contributed by atoms with Crippen LogP contribution in [0.5, 0.6) is 0 Å². The van der Waals surface area contributed by atoms with Crippen LogP contribution in [0.3, 0.4) is 0 Å². The summed E-state index contributed by atoms with van der Waals surface area (Å²) in [4.78, 5) is 18.2. The van der Waals surface area contributed by atoms with Crippen molar-refractivity contribution in [3.8, 4) is 11.8 Å². The Morgan fingerprint density at radius 3 is 2.78 bits per heavy atom. The highest BCUT2D eigenvalue weighted by Crippen LogP contribution is 2.13. The number of hydrogen-bond acceptors (Lipinski definition) is 4. The van der Waals surface area contributed by atoms with Gasteiger partial charge in [-0.05, 0) is 0 Å². The SMILES string of the molecule is CC.Cn1cc(C#CCN)c2c(=O)[nH]c(N)nc21. The Labute approximate surface area is 105 Å². The lowest BCUT2D eigenvalue weighted by Crippen LogP contribution is -2.11. The van der Waals surface area contributed by atoms with Crippen molar-refractivity contribution in [1.82, 2.24) is 14.5 Å². The average Bonchev–Trinajstić information content (AvgIpc) is 2.66. The topological polar surface area (TPSA) is 103 Å². The van der Waals surface area contributed by atoms with Crippen LogP contribution in [0.2, 0.25) is 0 Å². The molecule has 2 rings (SSSR count). The molecule has 0 aromatic carbocycles. The maximum absolute atomic E-state index is 11.7. The summed E-state index contributed by atoms with van der Waals surface area (Å²) in [7, 11) is 1.78. The smallest absolute Gasteiger partial charge is 0.263 e. The Morgan fingerprint density at radius 1 is 1.50 bits per heavy atom. The second kappa shape index (κ2) is 5.89. The van der Waals surface area contributed by atoms with Crippen molar-refractivity contribution in [2.75, 3.05) is 12.3 Å². The first-order chi connectivity index (χ1) is 8.63. The van der Waals surface area contributed by atoms with Crippen molar-refractivity contribution in [3.05, 3.63) is 22.1 Å². The van der Waals surface area contributed by atoms with E-state index in [9.17, 15) is 4.79 Å². The average molecular weight is 247 g/mol. The van der Waals surface area contributed by atoms with Crippen LogP contribution < -0.4 is 17.0 Å². The molecule has 0 fully saturated rings. The van der Waals surface area contributed by atoms with Gasteiger partial charge < -0.3 is 16.0 Å². The summed E-state index contributed by atoms with van der Waals surface area (Å²) >= 11 is 0. The highest BCUT2D eigenvalue weighted by molar-refractivity contribution is 5.83. The van der Waals surface area contributed by atoms with Gasteiger partial charge in [0, 0.05) is 13.2 Å². The molecule has 0 saturated heterocycles. The number of nitrogens with two attached hydrogens (primary N) is 2. The molecular formula is C12H17N5O. The predicted octanol–water partition coefficient (Wildman–Crippen LogP) is 0.180. The molecule has 0 aliphatic heterocycles. The molecule has 0 aliphatic rings. The first-order valence-electron chi connectivity index (χ1n) is 5.67. The third-order valence-electron chi connectivity index (χ3n) is 2.17. The van der Waals surface area contributed by atoms with E-state index in [0.29, 0.717) is 16.6 Å². The summed E-state index contributed by atoms with van der Waals surface area (Å²) in [5.74, 6) is 5.63. The number of aromatic amines is 1. The highest BCUT2D eigenvalue weighted by atomic mass is 16.1. The van der Waals surface area contributed by atoms with Gasteiger partial charge in [-0.1, -0.05) is 25.7 Å². The molecule has 0 aliphatic carbocycles. The van der Waals surface area contributed by atoms with Crippen molar-refractivity contribution >= 4 is 17.0 Å². The van der Waals surface area contributed by atoms with Crippen LogP contribution in [-0.4, -0.2) is 21.1 Å². The number of anilines is 1. The van der Waals surface area contributed by atoms with Crippen molar-refractivity contribution in [2.24, 2.45) is 12.8 Å². The first kappa shape index (κ1) is 13.8. The maximum Gasteiger partial charge on any atom is 0.263 e. The van der Waals surface area contributed by atoms with Crippen LogP contribution in [0, 0.1) is 11.8 Å². The van der Waals surface area contributed by atoms with Gasteiger partial charge in [-0.15, -0.1) is 0 Å². The Bertz CT molecular complexity index is 657. The number of nitrogens with one attached hydrogen (secondary N) is 1. The number of aryl methyl sites for hydroxylation is 1. The monoisotopic (exact) mass is 247 g/mol. The lowest BCUT2D eigenvalue weighted by atomic mass is 10.2. The standard InChI is InChI=1S/C10H11N5O.C2H6/c1-15-5-6(3-2-4-11)7-8(15)13-10(12)14-9(7)16;1-2/h5H,4,11H2,1H3,(H3,12,13,14,16);1-2H3. The van der Waals surface area contributed by atoms with E-state index in [2.05, 4.69) is 21.8 Å². The molecule has 0 bridgehead atoms. The molecule has 2 aromatic rings. The van der Waals surface area contributed by atoms with Crippen molar-refractivity contribution < 1.29 is 0 Å². The second-order valence-corrected chi connectivity index (χ2v) is 3.31. The van der Waals surface area contributed by atoms with E-state index in [1.54, 1.807) is 17.8 Å². The largest absolute Gasteiger partial charge is 0.369 e. The third-order valence-corrected chi connectivity index (χ3v) is 2.17. The lowest BCUT2D eigenvalue weighted by Gasteiger charge is -1.95. The van der Waals surface area contributed by atoms with Crippen LogP contribution in [0.15, 0.2) is 11.0 Å². The minimum Gasteiger partial charge on any atom is -0.369 e.